The average molecular weight is 461 g/mol. The Morgan fingerprint density at radius 2 is 1.67 bits per heavy atom. The van der Waals surface area contributed by atoms with Crippen LogP contribution in [0.3, 0.4) is 0 Å². The highest BCUT2D eigenvalue weighted by Crippen LogP contribution is 2.40. The van der Waals surface area contributed by atoms with Crippen LogP contribution in [0.4, 0.5) is 0 Å². The Balaban J connectivity index is 0.000000248. The number of rotatable bonds is 2. The first-order valence-corrected chi connectivity index (χ1v) is 11.3. The van der Waals surface area contributed by atoms with Crippen molar-refractivity contribution in [1.82, 2.24) is 9.97 Å². The fourth-order valence-corrected chi connectivity index (χ4v) is 4.23. The third-order valence-electron chi connectivity index (χ3n) is 4.69. The molecule has 0 spiro atoms. The third-order valence-corrected chi connectivity index (χ3v) is 5.75. The molecule has 0 fully saturated rings. The topological polar surface area (TPSA) is 83.0 Å². The maximum Gasteiger partial charge on any atom is 0.199 e. The standard InChI is InChI=1S/C16H12N2OS.C8H10.C2H4O.CH2O/c1-9-6-7-11-10(8-9)14(15(19)17-11)16-18-12-4-2-3-5-13(12)20-16;1-2-8-6-4-3-5-7-8;1-2-3;1-2/h2-8,17,19H,1H3;3-7H,2H2,1H3;2H,1H3;1H2. The van der Waals surface area contributed by atoms with Gasteiger partial charge in [-0.2, -0.15) is 0 Å². The van der Waals surface area contributed by atoms with Gasteiger partial charge in [-0.3, -0.25) is 0 Å². The zero-order valence-corrected chi connectivity index (χ0v) is 19.9. The number of aldehydes is 1. The Hall–Kier alpha value is -3.77. The van der Waals surface area contributed by atoms with Crippen molar-refractivity contribution in [2.75, 3.05) is 0 Å². The number of fused-ring (bicyclic) bond motifs is 2. The monoisotopic (exact) mass is 460 g/mol. The summed E-state index contributed by atoms with van der Waals surface area (Å²) in [4.78, 5) is 24.5. The van der Waals surface area contributed by atoms with E-state index in [1.807, 2.05) is 56.2 Å². The number of carbonyl (C=O) groups is 2. The summed E-state index contributed by atoms with van der Waals surface area (Å²) in [6, 6.07) is 24.6. The lowest BCUT2D eigenvalue weighted by molar-refractivity contribution is -0.106. The fourth-order valence-electron chi connectivity index (χ4n) is 3.20. The highest BCUT2D eigenvalue weighted by atomic mass is 32.1. The molecule has 0 saturated carbocycles. The van der Waals surface area contributed by atoms with Crippen LogP contribution < -0.4 is 0 Å². The fraction of sp³-hybridized carbons (Fsp3) is 0.148. The van der Waals surface area contributed by atoms with Crippen LogP contribution in [0.1, 0.15) is 25.0 Å². The van der Waals surface area contributed by atoms with Crippen molar-refractivity contribution in [3.63, 3.8) is 0 Å². The van der Waals surface area contributed by atoms with E-state index in [-0.39, 0.29) is 5.88 Å². The summed E-state index contributed by atoms with van der Waals surface area (Å²) in [5.41, 5.74) is 5.27. The number of hydrogen-bond acceptors (Lipinski definition) is 5. The molecule has 0 bridgehead atoms. The molecule has 3 aromatic carbocycles. The predicted molar refractivity (Wildman–Crippen MR) is 138 cm³/mol. The molecule has 6 heteroatoms. The minimum absolute atomic E-state index is 0.185. The van der Waals surface area contributed by atoms with Gasteiger partial charge in [-0.05, 0) is 50.1 Å². The summed E-state index contributed by atoms with van der Waals surface area (Å²) < 4.78 is 1.13. The number of aromatic amines is 1. The van der Waals surface area contributed by atoms with Gasteiger partial charge in [0.25, 0.3) is 0 Å². The molecule has 0 aliphatic carbocycles. The van der Waals surface area contributed by atoms with E-state index in [0.717, 1.165) is 44.4 Å². The first kappa shape index (κ1) is 25.5. The lowest BCUT2D eigenvalue weighted by Gasteiger charge is -1.96. The van der Waals surface area contributed by atoms with Crippen molar-refractivity contribution in [2.24, 2.45) is 0 Å². The number of aryl methyl sites for hydroxylation is 2. The number of para-hydroxylation sites is 1. The number of nitrogens with zero attached hydrogens (tertiary/aromatic N) is 1. The Morgan fingerprint density at radius 1 is 1.03 bits per heavy atom. The van der Waals surface area contributed by atoms with Crippen LogP contribution in [-0.2, 0) is 16.0 Å². The maximum atomic E-state index is 10.2. The largest absolute Gasteiger partial charge is 0.494 e. The summed E-state index contributed by atoms with van der Waals surface area (Å²) in [6.45, 7) is 7.65. The van der Waals surface area contributed by atoms with Gasteiger partial charge in [0.1, 0.15) is 18.1 Å². The SMILES string of the molecule is C=O.CC=O.CCc1ccccc1.Cc1ccc2[nH]c(O)c(-c3nc4ccccc4s3)c2c1. The van der Waals surface area contributed by atoms with Gasteiger partial charge in [0.15, 0.2) is 5.88 Å². The van der Waals surface area contributed by atoms with Crippen LogP contribution in [0.15, 0.2) is 72.8 Å². The van der Waals surface area contributed by atoms with Gasteiger partial charge in [-0.15, -0.1) is 11.3 Å². The number of aromatic hydroxyl groups is 1. The zero-order valence-electron chi connectivity index (χ0n) is 19.0. The molecule has 0 aliphatic heterocycles. The summed E-state index contributed by atoms with van der Waals surface area (Å²) in [6.07, 6.45) is 1.89. The number of carbonyl (C=O) groups excluding carboxylic acids is 2. The molecule has 0 radical (unpaired) electrons. The smallest absolute Gasteiger partial charge is 0.199 e. The average Bonchev–Trinajstić information content (AvgIpc) is 3.41. The van der Waals surface area contributed by atoms with Crippen molar-refractivity contribution in [3.8, 4) is 16.5 Å². The molecule has 170 valence electrons. The van der Waals surface area contributed by atoms with E-state index in [0.29, 0.717) is 0 Å². The summed E-state index contributed by atoms with van der Waals surface area (Å²) in [5, 5.41) is 12.1. The molecule has 0 atom stereocenters. The van der Waals surface area contributed by atoms with Crippen LogP contribution >= 0.6 is 11.3 Å². The Morgan fingerprint density at radius 3 is 2.27 bits per heavy atom. The first-order valence-electron chi connectivity index (χ1n) is 10.5. The van der Waals surface area contributed by atoms with E-state index in [1.165, 1.54) is 18.1 Å². The molecular formula is C27H28N2O3S. The predicted octanol–water partition coefficient (Wildman–Crippen LogP) is 6.73. The number of benzene rings is 3. The van der Waals surface area contributed by atoms with E-state index in [4.69, 9.17) is 9.59 Å². The van der Waals surface area contributed by atoms with Crippen LogP contribution in [0.5, 0.6) is 5.88 Å². The molecule has 2 heterocycles. The van der Waals surface area contributed by atoms with Crippen LogP contribution in [0.2, 0.25) is 0 Å². The Kier molecular flexibility index (Phi) is 9.99. The molecule has 2 aromatic heterocycles. The normalized spacial score (nSPS) is 9.67. The van der Waals surface area contributed by atoms with Crippen LogP contribution in [0, 0.1) is 6.92 Å². The molecule has 0 amide bonds. The Bertz CT molecular complexity index is 1260. The van der Waals surface area contributed by atoms with Crippen molar-refractivity contribution in [2.45, 2.75) is 27.2 Å². The quantitative estimate of drug-likeness (QED) is 0.286. The van der Waals surface area contributed by atoms with Gasteiger partial charge >= 0.3 is 0 Å². The number of nitrogens with one attached hydrogen (secondary N) is 1. The van der Waals surface area contributed by atoms with E-state index in [2.05, 4.69) is 47.2 Å². The van der Waals surface area contributed by atoms with Gasteiger partial charge in [-0.1, -0.05) is 61.0 Å². The third kappa shape index (κ3) is 6.60. The van der Waals surface area contributed by atoms with E-state index < -0.39 is 0 Å². The van der Waals surface area contributed by atoms with E-state index in [1.54, 1.807) is 11.3 Å². The lowest BCUT2D eigenvalue weighted by atomic mass is 10.1. The number of aromatic nitrogens is 2. The van der Waals surface area contributed by atoms with Gasteiger partial charge in [0.05, 0.1) is 15.8 Å². The molecule has 5 aromatic rings. The maximum absolute atomic E-state index is 10.2. The zero-order chi connectivity index (χ0) is 24.2. The summed E-state index contributed by atoms with van der Waals surface area (Å²) >= 11 is 1.60. The second-order valence-corrected chi connectivity index (χ2v) is 7.99. The van der Waals surface area contributed by atoms with Crippen LogP contribution in [-0.4, -0.2) is 28.1 Å². The minimum atomic E-state index is 0.185. The summed E-state index contributed by atoms with van der Waals surface area (Å²) in [5.74, 6) is 0.185. The van der Waals surface area contributed by atoms with Crippen molar-refractivity contribution in [1.29, 1.82) is 0 Å². The molecule has 2 N–H and O–H groups in total. The van der Waals surface area contributed by atoms with Gasteiger partial charge < -0.3 is 19.7 Å². The van der Waals surface area contributed by atoms with E-state index >= 15 is 0 Å². The van der Waals surface area contributed by atoms with Crippen molar-refractivity contribution < 1.29 is 14.7 Å². The molecule has 5 nitrogen and oxygen atoms in total. The second kappa shape index (κ2) is 12.9. The van der Waals surface area contributed by atoms with Gasteiger partial charge in [-0.25, -0.2) is 4.98 Å². The second-order valence-electron chi connectivity index (χ2n) is 6.96. The Labute approximate surface area is 197 Å². The highest BCUT2D eigenvalue weighted by Gasteiger charge is 2.16. The first-order chi connectivity index (χ1) is 16.1. The molecule has 0 aliphatic rings. The summed E-state index contributed by atoms with van der Waals surface area (Å²) in [7, 11) is 0. The molecule has 33 heavy (non-hydrogen) atoms. The minimum Gasteiger partial charge on any atom is -0.494 e. The van der Waals surface area contributed by atoms with E-state index in [9.17, 15) is 5.11 Å². The van der Waals surface area contributed by atoms with Gasteiger partial charge in [0, 0.05) is 10.9 Å². The number of hydrogen-bond donors (Lipinski definition) is 2. The molecule has 0 saturated heterocycles. The lowest BCUT2D eigenvalue weighted by Crippen LogP contribution is -1.76. The van der Waals surface area contributed by atoms with Gasteiger partial charge in [0.2, 0.25) is 0 Å². The number of thiazole rings is 1. The van der Waals surface area contributed by atoms with Crippen molar-refractivity contribution in [3.05, 3.63) is 83.9 Å². The highest BCUT2D eigenvalue weighted by molar-refractivity contribution is 7.21. The molecule has 5 rings (SSSR count). The molecule has 0 unspecified atom stereocenters. The van der Waals surface area contributed by atoms with Crippen LogP contribution in [0.25, 0.3) is 31.7 Å². The molecular weight excluding hydrogens is 432 g/mol. The van der Waals surface area contributed by atoms with Crippen molar-refractivity contribution >= 4 is 45.5 Å². The number of H-pyrrole nitrogens is 1.